The number of hydrogen-bond donors (Lipinski definition) is 1. The van der Waals surface area contributed by atoms with Crippen molar-refractivity contribution in [3.05, 3.63) is 84.3 Å². The van der Waals surface area contributed by atoms with Crippen LogP contribution in [0.2, 0.25) is 0 Å². The molecule has 0 radical (unpaired) electrons. The molecule has 4 aromatic rings. The molecule has 25 heavy (non-hydrogen) atoms. The largest absolute Gasteiger partial charge is 0.380 e. The monoisotopic (exact) mass is 325 g/mol. The van der Waals surface area contributed by atoms with Gasteiger partial charge in [-0.05, 0) is 24.3 Å². The highest BCUT2D eigenvalue weighted by Gasteiger charge is 2.06. The zero-order valence-corrected chi connectivity index (χ0v) is 13.4. The van der Waals surface area contributed by atoms with Crippen LogP contribution in [-0.2, 0) is 6.54 Å². The normalized spacial score (nSPS) is 10.5. The maximum absolute atomic E-state index is 9.18. The van der Waals surface area contributed by atoms with Gasteiger partial charge >= 0.3 is 0 Å². The van der Waals surface area contributed by atoms with E-state index in [9.17, 15) is 5.26 Å². The van der Waals surface area contributed by atoms with Crippen LogP contribution in [0.15, 0.2) is 73.1 Å². The zero-order valence-electron chi connectivity index (χ0n) is 13.4. The van der Waals surface area contributed by atoms with E-state index in [2.05, 4.69) is 21.5 Å². The number of anilines is 1. The average molecular weight is 325 g/mol. The summed E-state index contributed by atoms with van der Waals surface area (Å²) in [6.45, 7) is 0.617. The van der Waals surface area contributed by atoms with Gasteiger partial charge in [-0.2, -0.15) is 10.4 Å². The zero-order chi connectivity index (χ0) is 17.1. The summed E-state index contributed by atoms with van der Waals surface area (Å²) in [5.41, 5.74) is 4.19. The molecule has 0 fully saturated rings. The van der Waals surface area contributed by atoms with Crippen molar-refractivity contribution >= 4 is 16.6 Å². The molecule has 1 N–H and O–H groups in total. The molecule has 120 valence electrons. The summed E-state index contributed by atoms with van der Waals surface area (Å²) in [7, 11) is 0. The predicted molar refractivity (Wildman–Crippen MR) is 97.3 cm³/mol. The van der Waals surface area contributed by atoms with Crippen LogP contribution in [0.1, 0.15) is 11.3 Å². The standard InChI is InChI=1S/C20H15N5/c21-11-16-10-20(18-8-4-5-9-19(18)24-16)22-12-15-13-23-25(14-15)17-6-2-1-3-7-17/h1-10,13-14H,12H2,(H,22,24). The summed E-state index contributed by atoms with van der Waals surface area (Å²) < 4.78 is 1.85. The smallest absolute Gasteiger partial charge is 0.143 e. The molecule has 4 rings (SSSR count). The number of para-hydroxylation sites is 2. The van der Waals surface area contributed by atoms with Crippen molar-refractivity contribution in [1.82, 2.24) is 14.8 Å². The van der Waals surface area contributed by atoms with Crippen molar-refractivity contribution in [2.45, 2.75) is 6.54 Å². The summed E-state index contributed by atoms with van der Waals surface area (Å²) in [5.74, 6) is 0. The van der Waals surface area contributed by atoms with Gasteiger partial charge in [-0.25, -0.2) is 9.67 Å². The van der Waals surface area contributed by atoms with E-state index in [0.29, 0.717) is 12.2 Å². The second-order valence-electron chi connectivity index (χ2n) is 5.67. The van der Waals surface area contributed by atoms with E-state index in [1.165, 1.54) is 0 Å². The van der Waals surface area contributed by atoms with E-state index in [1.54, 1.807) is 6.07 Å². The van der Waals surface area contributed by atoms with Crippen LogP contribution in [-0.4, -0.2) is 14.8 Å². The Bertz CT molecular complexity index is 1060. The fourth-order valence-corrected chi connectivity index (χ4v) is 2.75. The van der Waals surface area contributed by atoms with Gasteiger partial charge in [0.1, 0.15) is 11.8 Å². The molecule has 0 aliphatic rings. The van der Waals surface area contributed by atoms with Crippen LogP contribution in [0.3, 0.4) is 0 Å². The molecule has 0 spiro atoms. The van der Waals surface area contributed by atoms with Crippen LogP contribution >= 0.6 is 0 Å². The fraction of sp³-hybridized carbons (Fsp3) is 0.0500. The lowest BCUT2D eigenvalue weighted by atomic mass is 10.1. The Labute approximate surface area is 145 Å². The average Bonchev–Trinajstić information content (AvgIpc) is 3.15. The van der Waals surface area contributed by atoms with E-state index in [-0.39, 0.29) is 0 Å². The number of nitrogens with one attached hydrogen (secondary N) is 1. The third-order valence-electron chi connectivity index (χ3n) is 3.97. The highest BCUT2D eigenvalue weighted by molar-refractivity contribution is 5.91. The molecule has 0 bridgehead atoms. The Morgan fingerprint density at radius 3 is 2.68 bits per heavy atom. The van der Waals surface area contributed by atoms with Gasteiger partial charge in [0.2, 0.25) is 0 Å². The Morgan fingerprint density at radius 1 is 1.04 bits per heavy atom. The molecule has 0 aliphatic heterocycles. The first-order chi connectivity index (χ1) is 12.3. The quantitative estimate of drug-likeness (QED) is 0.618. The van der Waals surface area contributed by atoms with Crippen LogP contribution in [0.5, 0.6) is 0 Å². The highest BCUT2D eigenvalue weighted by atomic mass is 15.3. The summed E-state index contributed by atoms with van der Waals surface area (Å²) in [4.78, 5) is 4.34. The first-order valence-electron chi connectivity index (χ1n) is 7.96. The molecular formula is C20H15N5. The van der Waals surface area contributed by atoms with Crippen molar-refractivity contribution in [1.29, 1.82) is 5.26 Å². The second-order valence-corrected chi connectivity index (χ2v) is 5.67. The van der Waals surface area contributed by atoms with Gasteiger partial charge in [-0.15, -0.1) is 0 Å². The van der Waals surface area contributed by atoms with E-state index in [1.807, 2.05) is 71.7 Å². The minimum absolute atomic E-state index is 0.404. The molecule has 5 nitrogen and oxygen atoms in total. The highest BCUT2D eigenvalue weighted by Crippen LogP contribution is 2.23. The summed E-state index contributed by atoms with van der Waals surface area (Å²) in [6.07, 6.45) is 3.84. The van der Waals surface area contributed by atoms with Crippen molar-refractivity contribution < 1.29 is 0 Å². The van der Waals surface area contributed by atoms with E-state index in [4.69, 9.17) is 0 Å². The number of nitrogens with zero attached hydrogens (tertiary/aromatic N) is 4. The SMILES string of the molecule is N#Cc1cc(NCc2cnn(-c3ccccc3)c2)c2ccccc2n1. The Morgan fingerprint density at radius 2 is 1.84 bits per heavy atom. The number of benzene rings is 2. The van der Waals surface area contributed by atoms with Crippen LogP contribution in [0, 0.1) is 11.3 Å². The van der Waals surface area contributed by atoms with Crippen molar-refractivity contribution in [3.63, 3.8) is 0 Å². The van der Waals surface area contributed by atoms with Gasteiger partial charge in [0.25, 0.3) is 0 Å². The van der Waals surface area contributed by atoms with Gasteiger partial charge in [0.05, 0.1) is 17.4 Å². The molecule has 0 aliphatic carbocycles. The predicted octanol–water partition coefficient (Wildman–Crippen LogP) is 3.90. The van der Waals surface area contributed by atoms with Gasteiger partial charge in [-0.3, -0.25) is 0 Å². The summed E-state index contributed by atoms with van der Waals surface area (Å²) >= 11 is 0. The van der Waals surface area contributed by atoms with E-state index in [0.717, 1.165) is 27.8 Å². The minimum Gasteiger partial charge on any atom is -0.380 e. The molecule has 2 aromatic carbocycles. The number of nitriles is 1. The summed E-state index contributed by atoms with van der Waals surface area (Å²) in [6, 6.07) is 21.7. The lowest BCUT2D eigenvalue weighted by Gasteiger charge is -2.09. The number of hydrogen-bond acceptors (Lipinski definition) is 4. The first kappa shape index (κ1) is 14.9. The van der Waals surface area contributed by atoms with Crippen molar-refractivity contribution in [2.75, 3.05) is 5.32 Å². The van der Waals surface area contributed by atoms with E-state index >= 15 is 0 Å². The molecule has 2 aromatic heterocycles. The topological polar surface area (TPSA) is 66.5 Å². The van der Waals surface area contributed by atoms with Gasteiger partial charge in [0, 0.05) is 29.4 Å². The lowest BCUT2D eigenvalue weighted by molar-refractivity contribution is 0.880. The maximum Gasteiger partial charge on any atom is 0.143 e. The molecule has 0 unspecified atom stereocenters. The molecule has 5 heteroatoms. The molecule has 2 heterocycles. The molecule has 0 atom stereocenters. The fourth-order valence-electron chi connectivity index (χ4n) is 2.75. The molecule has 0 saturated carbocycles. The molecule has 0 amide bonds. The van der Waals surface area contributed by atoms with Crippen LogP contribution in [0.25, 0.3) is 16.6 Å². The molecule has 0 saturated heterocycles. The van der Waals surface area contributed by atoms with Crippen molar-refractivity contribution in [2.24, 2.45) is 0 Å². The number of rotatable bonds is 4. The maximum atomic E-state index is 9.18. The number of fused-ring (bicyclic) bond motifs is 1. The Hall–Kier alpha value is -3.65. The first-order valence-corrected chi connectivity index (χ1v) is 7.96. The van der Waals surface area contributed by atoms with Gasteiger partial charge < -0.3 is 5.32 Å². The Balaban J connectivity index is 1.59. The summed E-state index contributed by atoms with van der Waals surface area (Å²) in [5, 5.41) is 18.0. The van der Waals surface area contributed by atoms with Crippen LogP contribution in [0.4, 0.5) is 5.69 Å². The van der Waals surface area contributed by atoms with Gasteiger partial charge in [0.15, 0.2) is 0 Å². The third-order valence-corrected chi connectivity index (χ3v) is 3.97. The van der Waals surface area contributed by atoms with Crippen LogP contribution < -0.4 is 5.32 Å². The number of aromatic nitrogens is 3. The van der Waals surface area contributed by atoms with E-state index < -0.39 is 0 Å². The third kappa shape index (κ3) is 3.06. The second kappa shape index (κ2) is 6.46. The Kier molecular flexibility index (Phi) is 3.85. The van der Waals surface area contributed by atoms with Gasteiger partial charge in [-0.1, -0.05) is 36.4 Å². The minimum atomic E-state index is 0.404. The number of pyridine rings is 1. The lowest BCUT2D eigenvalue weighted by Crippen LogP contribution is -2.01. The van der Waals surface area contributed by atoms with Crippen molar-refractivity contribution in [3.8, 4) is 11.8 Å². The molecular weight excluding hydrogens is 310 g/mol.